The number of anilines is 1. The summed E-state index contributed by atoms with van der Waals surface area (Å²) in [6.07, 6.45) is 8.02. The first-order valence-electron chi connectivity index (χ1n) is 9.37. The zero-order chi connectivity index (χ0) is 18.2. The lowest BCUT2D eigenvalue weighted by molar-refractivity contribution is 0.490. The van der Waals surface area contributed by atoms with Crippen molar-refractivity contribution in [2.75, 3.05) is 11.4 Å². The van der Waals surface area contributed by atoms with Gasteiger partial charge in [-0.2, -0.15) is 9.47 Å². The third kappa shape index (κ3) is 3.37. The maximum Gasteiger partial charge on any atom is 0.266 e. The average molecular weight is 380 g/mol. The molecular weight excluding hydrogens is 360 g/mol. The van der Waals surface area contributed by atoms with Crippen molar-refractivity contribution >= 4 is 16.7 Å². The molecule has 0 N–H and O–H groups in total. The van der Waals surface area contributed by atoms with Gasteiger partial charge in [-0.05, 0) is 43.9 Å². The van der Waals surface area contributed by atoms with Crippen molar-refractivity contribution in [3.05, 3.63) is 52.8 Å². The lowest BCUT2D eigenvalue weighted by atomic mass is 10.2. The van der Waals surface area contributed by atoms with Gasteiger partial charge in [-0.25, -0.2) is 9.67 Å². The molecule has 27 heavy (non-hydrogen) atoms. The zero-order valence-electron chi connectivity index (χ0n) is 14.9. The van der Waals surface area contributed by atoms with Gasteiger partial charge in [0.25, 0.3) is 5.56 Å². The SMILES string of the molecule is O=c1ccc(-c2ccncc2)nn1CC1CCCN1c1nc(C2CC2)ns1. The number of hydrogen-bond donors (Lipinski definition) is 0. The summed E-state index contributed by atoms with van der Waals surface area (Å²) in [6.45, 7) is 1.53. The first kappa shape index (κ1) is 16.6. The van der Waals surface area contributed by atoms with Crippen molar-refractivity contribution in [1.82, 2.24) is 24.1 Å². The molecule has 2 fully saturated rings. The molecule has 0 spiro atoms. The molecule has 0 radical (unpaired) electrons. The molecule has 0 bridgehead atoms. The van der Waals surface area contributed by atoms with Gasteiger partial charge in [0.2, 0.25) is 5.13 Å². The first-order valence-corrected chi connectivity index (χ1v) is 10.1. The minimum Gasteiger partial charge on any atom is -0.342 e. The average Bonchev–Trinajstić information content (AvgIpc) is 3.25. The van der Waals surface area contributed by atoms with Crippen LogP contribution in [0.25, 0.3) is 11.3 Å². The van der Waals surface area contributed by atoms with Crippen LogP contribution >= 0.6 is 11.5 Å². The van der Waals surface area contributed by atoms with E-state index in [4.69, 9.17) is 4.98 Å². The van der Waals surface area contributed by atoms with Crippen LogP contribution in [-0.4, -0.2) is 36.7 Å². The summed E-state index contributed by atoms with van der Waals surface area (Å²) in [4.78, 5) is 23.5. The van der Waals surface area contributed by atoms with Gasteiger partial charge in [-0.15, -0.1) is 0 Å². The maximum absolute atomic E-state index is 12.4. The Morgan fingerprint density at radius 2 is 1.96 bits per heavy atom. The van der Waals surface area contributed by atoms with Crippen LogP contribution < -0.4 is 10.5 Å². The largest absolute Gasteiger partial charge is 0.342 e. The van der Waals surface area contributed by atoms with Crippen LogP contribution in [0.5, 0.6) is 0 Å². The summed E-state index contributed by atoms with van der Waals surface area (Å²) in [5.41, 5.74) is 1.67. The fourth-order valence-corrected chi connectivity index (χ4v) is 4.43. The molecule has 7 nitrogen and oxygen atoms in total. The lowest BCUT2D eigenvalue weighted by Crippen LogP contribution is -2.37. The second-order valence-corrected chi connectivity index (χ2v) is 7.90. The maximum atomic E-state index is 12.4. The summed E-state index contributed by atoms with van der Waals surface area (Å²) in [5.74, 6) is 1.56. The van der Waals surface area contributed by atoms with Crippen molar-refractivity contribution < 1.29 is 0 Å². The normalized spacial score (nSPS) is 19.6. The lowest BCUT2D eigenvalue weighted by Gasteiger charge is -2.23. The van der Waals surface area contributed by atoms with E-state index in [1.165, 1.54) is 24.4 Å². The summed E-state index contributed by atoms with van der Waals surface area (Å²) in [6, 6.07) is 7.40. The number of rotatable bonds is 5. The van der Waals surface area contributed by atoms with Crippen LogP contribution in [0, 0.1) is 0 Å². The van der Waals surface area contributed by atoms with E-state index in [1.807, 2.05) is 12.1 Å². The molecule has 1 unspecified atom stereocenters. The second-order valence-electron chi connectivity index (χ2n) is 7.17. The molecule has 1 saturated carbocycles. The Morgan fingerprint density at radius 3 is 2.78 bits per heavy atom. The standard InChI is InChI=1S/C19H20N6OS/c26-17-6-5-16(13-7-9-20-10-8-13)22-25(17)12-15-2-1-11-24(15)19-21-18(23-27-19)14-3-4-14/h5-10,14-15H,1-4,11-12H2. The smallest absolute Gasteiger partial charge is 0.266 e. The van der Waals surface area contributed by atoms with Gasteiger partial charge in [0.15, 0.2) is 0 Å². The molecule has 0 amide bonds. The van der Waals surface area contributed by atoms with Gasteiger partial charge in [0.1, 0.15) is 5.82 Å². The highest BCUT2D eigenvalue weighted by molar-refractivity contribution is 7.09. The van der Waals surface area contributed by atoms with Crippen molar-refractivity contribution in [2.24, 2.45) is 0 Å². The predicted octanol–water partition coefficient (Wildman–Crippen LogP) is 2.70. The Balaban J connectivity index is 1.39. The van der Waals surface area contributed by atoms with Crippen molar-refractivity contribution in [3.63, 3.8) is 0 Å². The van der Waals surface area contributed by atoms with Crippen LogP contribution in [-0.2, 0) is 6.54 Å². The van der Waals surface area contributed by atoms with Crippen molar-refractivity contribution in [1.29, 1.82) is 0 Å². The molecule has 8 heteroatoms. The van der Waals surface area contributed by atoms with Gasteiger partial charge in [0.05, 0.1) is 18.3 Å². The molecule has 5 rings (SSSR count). The first-order chi connectivity index (χ1) is 13.3. The molecule has 3 aromatic rings. The highest BCUT2D eigenvalue weighted by Crippen LogP contribution is 2.40. The van der Waals surface area contributed by atoms with E-state index in [2.05, 4.69) is 19.4 Å². The predicted molar refractivity (Wildman–Crippen MR) is 104 cm³/mol. The van der Waals surface area contributed by atoms with Crippen molar-refractivity contribution in [2.45, 2.75) is 44.2 Å². The summed E-state index contributed by atoms with van der Waals surface area (Å²) >= 11 is 1.48. The van der Waals surface area contributed by atoms with Crippen LogP contribution in [0.2, 0.25) is 0 Å². The van der Waals surface area contributed by atoms with Crippen LogP contribution in [0.3, 0.4) is 0 Å². The van der Waals surface area contributed by atoms with E-state index >= 15 is 0 Å². The summed E-state index contributed by atoms with van der Waals surface area (Å²) in [5, 5.41) is 5.58. The third-order valence-corrected chi connectivity index (χ3v) is 5.99. The number of pyridine rings is 1. The molecular formula is C19H20N6OS. The van der Waals surface area contributed by atoms with Gasteiger partial charge in [0, 0.05) is 48.0 Å². The molecule has 3 aromatic heterocycles. The minimum atomic E-state index is -0.0735. The van der Waals surface area contributed by atoms with Crippen molar-refractivity contribution in [3.8, 4) is 11.3 Å². The summed E-state index contributed by atoms with van der Waals surface area (Å²) in [7, 11) is 0. The Labute approximate surface area is 160 Å². The molecule has 4 heterocycles. The second kappa shape index (κ2) is 6.84. The zero-order valence-corrected chi connectivity index (χ0v) is 15.7. The van der Waals surface area contributed by atoms with Gasteiger partial charge in [-0.3, -0.25) is 9.78 Å². The monoisotopic (exact) mass is 380 g/mol. The number of nitrogens with zero attached hydrogens (tertiary/aromatic N) is 6. The molecule has 0 aromatic carbocycles. The van der Waals surface area contributed by atoms with Crippen LogP contribution in [0.4, 0.5) is 5.13 Å². The van der Waals surface area contributed by atoms with Gasteiger partial charge >= 0.3 is 0 Å². The van der Waals surface area contributed by atoms with E-state index in [0.717, 1.165) is 41.6 Å². The Bertz CT molecular complexity index is 997. The summed E-state index contributed by atoms with van der Waals surface area (Å²) < 4.78 is 6.12. The molecule has 138 valence electrons. The fraction of sp³-hybridized carbons (Fsp3) is 0.421. The van der Waals surface area contributed by atoms with E-state index in [-0.39, 0.29) is 11.6 Å². The van der Waals surface area contributed by atoms with Crippen LogP contribution in [0.1, 0.15) is 37.4 Å². The third-order valence-electron chi connectivity index (χ3n) is 5.22. The molecule has 2 aliphatic rings. The van der Waals surface area contributed by atoms with E-state index in [0.29, 0.717) is 12.5 Å². The van der Waals surface area contributed by atoms with Crippen LogP contribution in [0.15, 0.2) is 41.5 Å². The highest BCUT2D eigenvalue weighted by Gasteiger charge is 2.32. The number of hydrogen-bond acceptors (Lipinski definition) is 7. The molecule has 1 saturated heterocycles. The molecule has 1 atom stereocenters. The van der Waals surface area contributed by atoms with E-state index < -0.39 is 0 Å². The fourth-order valence-electron chi connectivity index (χ4n) is 3.58. The number of aromatic nitrogens is 5. The quantitative estimate of drug-likeness (QED) is 0.677. The van der Waals surface area contributed by atoms with Gasteiger partial charge < -0.3 is 4.90 Å². The Hall–Kier alpha value is -2.61. The highest BCUT2D eigenvalue weighted by atomic mass is 32.1. The minimum absolute atomic E-state index is 0.0735. The Kier molecular flexibility index (Phi) is 4.20. The van der Waals surface area contributed by atoms with E-state index in [1.54, 1.807) is 29.2 Å². The van der Waals surface area contributed by atoms with E-state index in [9.17, 15) is 4.79 Å². The topological polar surface area (TPSA) is 76.8 Å². The van der Waals surface area contributed by atoms with Gasteiger partial charge in [-0.1, -0.05) is 0 Å². The molecule has 1 aliphatic carbocycles. The molecule has 1 aliphatic heterocycles. The Morgan fingerprint density at radius 1 is 1.11 bits per heavy atom.